The van der Waals surface area contributed by atoms with E-state index in [0.29, 0.717) is 61.3 Å². The second-order valence-corrected chi connectivity index (χ2v) is 17.0. The zero-order valence-electron chi connectivity index (χ0n) is 29.1. The van der Waals surface area contributed by atoms with E-state index in [0.717, 1.165) is 23.5 Å². The average Bonchev–Trinajstić information content (AvgIpc) is 3.57. The number of aromatic hydroxyl groups is 2. The summed E-state index contributed by atoms with van der Waals surface area (Å²) < 4.78 is 0.588. The van der Waals surface area contributed by atoms with Gasteiger partial charge in [0.2, 0.25) is 17.3 Å². The number of amides is 2. The lowest BCUT2D eigenvalue weighted by atomic mass is 9.70. The number of aliphatic carboxylic acids is 2. The summed E-state index contributed by atoms with van der Waals surface area (Å²) >= 11 is 8.22. The number of carboxylic acids is 2. The maximum atomic E-state index is 13.5. The van der Waals surface area contributed by atoms with E-state index in [4.69, 9.17) is 22.2 Å². The summed E-state index contributed by atoms with van der Waals surface area (Å²) in [7, 11) is 0. The lowest BCUT2D eigenvalue weighted by molar-refractivity contribution is -0.941. The topological polar surface area (TPSA) is 262 Å². The van der Waals surface area contributed by atoms with E-state index in [9.17, 15) is 49.2 Å². The van der Waals surface area contributed by atoms with Crippen molar-refractivity contribution >= 4 is 80.9 Å². The normalized spacial score (nSPS) is 25.1. The van der Waals surface area contributed by atoms with E-state index < -0.39 is 63.7 Å². The Bertz CT molecular complexity index is 1980. The molecule has 54 heavy (non-hydrogen) atoms. The predicted molar refractivity (Wildman–Crippen MR) is 192 cm³/mol. The third-order valence-corrected chi connectivity index (χ3v) is 13.0. The van der Waals surface area contributed by atoms with E-state index >= 15 is 0 Å². The van der Waals surface area contributed by atoms with Gasteiger partial charge >= 0.3 is 5.97 Å². The molecule has 288 valence electrons. The molecule has 20 heteroatoms. The number of phenols is 2. The number of fused-ring (bicyclic) bond motifs is 4. The second kappa shape index (κ2) is 14.5. The fraction of sp³-hybridized carbons (Fsp3) is 0.471. The van der Waals surface area contributed by atoms with Crippen LogP contribution in [0.2, 0.25) is 5.02 Å². The maximum absolute atomic E-state index is 13.5. The number of phenolic OH excluding ortho intramolecular Hbond substituents is 2. The Hall–Kier alpha value is -4.72. The van der Waals surface area contributed by atoms with Crippen molar-refractivity contribution in [2.45, 2.75) is 50.5 Å². The molecular weight excluding hydrogens is 768 g/mol. The number of piperidine rings is 3. The van der Waals surface area contributed by atoms with Crippen LogP contribution in [0.15, 0.2) is 33.9 Å². The number of aromatic nitrogens is 1. The van der Waals surface area contributed by atoms with E-state index in [1.807, 2.05) is 0 Å². The molecule has 2 bridgehead atoms. The van der Waals surface area contributed by atoms with Gasteiger partial charge in [0.25, 0.3) is 5.91 Å². The number of carboxylic acid groups (broad SMARTS) is 2. The number of thiazole rings is 1. The van der Waals surface area contributed by atoms with Crippen molar-refractivity contribution in [2.75, 3.05) is 44.2 Å². The number of halogens is 1. The number of carbonyl (C=O) groups is 6. The van der Waals surface area contributed by atoms with E-state index in [-0.39, 0.29) is 51.2 Å². The number of Topliss-reactive ketones (excluding diaryl/α,β-unsaturated/α-hetero) is 2. The molecule has 0 radical (unpaired) electrons. The van der Waals surface area contributed by atoms with Crippen LogP contribution >= 0.6 is 34.7 Å². The van der Waals surface area contributed by atoms with Gasteiger partial charge in [0.1, 0.15) is 12.2 Å². The van der Waals surface area contributed by atoms with Gasteiger partial charge in [-0.25, -0.2) is 9.78 Å². The summed E-state index contributed by atoms with van der Waals surface area (Å²) in [6, 6.07) is 2.08. The van der Waals surface area contributed by atoms with Gasteiger partial charge in [-0.05, 0) is 26.0 Å². The van der Waals surface area contributed by atoms with Crippen LogP contribution in [-0.2, 0) is 28.8 Å². The van der Waals surface area contributed by atoms with E-state index in [1.165, 1.54) is 35.9 Å². The monoisotopic (exact) mass is 804 g/mol. The van der Waals surface area contributed by atoms with Gasteiger partial charge in [-0.15, -0.1) is 23.1 Å². The number of quaternary nitrogens is 1. The molecule has 0 saturated carbocycles. The van der Waals surface area contributed by atoms with Crippen molar-refractivity contribution < 1.29 is 58.5 Å². The number of anilines is 1. The molecule has 0 spiro atoms. The quantitative estimate of drug-likeness (QED) is 0.0338. The Morgan fingerprint density at radius 3 is 2.43 bits per heavy atom. The number of oxime groups is 1. The van der Waals surface area contributed by atoms with Gasteiger partial charge in [-0.3, -0.25) is 24.1 Å². The molecule has 2 amide bonds. The molecule has 2 atom stereocenters. The highest BCUT2D eigenvalue weighted by atomic mass is 35.5. The molecule has 2 aromatic rings. The SMILES string of the molecule is CC(C)(O/N=C(\C(=O)C[C@@H]1C(=O)N2C(C(=O)[O-])=C(C[N+]34CCC(CNC(=O)C(=O)c5cc(O)c(O)c(Cl)c5)(CC3)CC4)CS[C@H]12)c1csc(N)n1)C(=O)O. The number of thioether (sulfide) groups is 1. The third-order valence-electron chi connectivity index (χ3n) is 10.7. The van der Waals surface area contributed by atoms with Gasteiger partial charge in [0.05, 0.1) is 47.6 Å². The zero-order valence-corrected chi connectivity index (χ0v) is 31.5. The average molecular weight is 805 g/mol. The number of hydrogen-bond donors (Lipinski definition) is 5. The molecular formula is C34H37ClN6O11S2. The number of nitrogens with two attached hydrogens (primary N) is 1. The molecule has 17 nitrogen and oxygen atoms in total. The highest BCUT2D eigenvalue weighted by molar-refractivity contribution is 8.00. The van der Waals surface area contributed by atoms with Crippen molar-refractivity contribution in [3.05, 3.63) is 45.1 Å². The van der Waals surface area contributed by atoms with Gasteiger partial charge in [0.15, 0.2) is 28.1 Å². The first-order valence-corrected chi connectivity index (χ1v) is 19.2. The fourth-order valence-corrected chi connectivity index (χ4v) is 9.46. The summed E-state index contributed by atoms with van der Waals surface area (Å²) in [6.45, 7) is 5.16. The van der Waals surface area contributed by atoms with Crippen molar-refractivity contribution in [3.8, 4) is 11.5 Å². The van der Waals surface area contributed by atoms with Crippen molar-refractivity contribution in [2.24, 2.45) is 16.5 Å². The number of β-lactam (4-membered cyclic amide) rings is 1. The van der Waals surface area contributed by atoms with Crippen molar-refractivity contribution in [3.63, 3.8) is 0 Å². The Labute approximate surface area is 321 Å². The van der Waals surface area contributed by atoms with E-state index in [2.05, 4.69) is 15.5 Å². The molecule has 5 aliphatic rings. The van der Waals surface area contributed by atoms with Crippen molar-refractivity contribution in [1.29, 1.82) is 0 Å². The molecule has 7 rings (SSSR count). The Balaban J connectivity index is 1.09. The first kappa shape index (κ1) is 39.0. The van der Waals surface area contributed by atoms with Gasteiger partial charge in [-0.2, -0.15) is 0 Å². The summed E-state index contributed by atoms with van der Waals surface area (Å²) in [5.41, 5.74) is 3.65. The minimum absolute atomic E-state index is 0.0543. The molecule has 6 heterocycles. The Morgan fingerprint density at radius 1 is 1.19 bits per heavy atom. The van der Waals surface area contributed by atoms with Crippen LogP contribution in [0.1, 0.15) is 55.6 Å². The van der Waals surface area contributed by atoms with Gasteiger partial charge in [-0.1, -0.05) is 16.8 Å². The third kappa shape index (κ3) is 7.36. The molecule has 4 fully saturated rings. The smallest absolute Gasteiger partial charge is 0.350 e. The fourth-order valence-electron chi connectivity index (χ4n) is 7.30. The first-order valence-electron chi connectivity index (χ1n) is 16.9. The van der Waals surface area contributed by atoms with Crippen LogP contribution in [0.4, 0.5) is 5.13 Å². The Kier molecular flexibility index (Phi) is 10.5. The van der Waals surface area contributed by atoms with Crippen LogP contribution in [0, 0.1) is 11.3 Å². The number of nitrogens with one attached hydrogen (secondary N) is 1. The summed E-state index contributed by atoms with van der Waals surface area (Å²) in [4.78, 5) is 87.0. The number of benzene rings is 1. The van der Waals surface area contributed by atoms with Crippen LogP contribution in [-0.4, -0.2) is 120 Å². The molecule has 0 aliphatic carbocycles. The number of rotatable bonds is 14. The highest BCUT2D eigenvalue weighted by Gasteiger charge is 2.55. The largest absolute Gasteiger partial charge is 0.543 e. The molecule has 5 aliphatic heterocycles. The lowest BCUT2D eigenvalue weighted by Crippen LogP contribution is -2.66. The minimum atomic E-state index is -1.77. The second-order valence-electron chi connectivity index (χ2n) is 14.6. The summed E-state index contributed by atoms with van der Waals surface area (Å²) in [6.07, 6.45) is 1.74. The number of nitrogens with zero attached hydrogens (tertiary/aromatic N) is 4. The maximum Gasteiger partial charge on any atom is 0.350 e. The highest BCUT2D eigenvalue weighted by Crippen LogP contribution is 2.48. The number of carbonyl (C=O) groups excluding carboxylic acids is 5. The van der Waals surface area contributed by atoms with Crippen molar-refractivity contribution in [1.82, 2.24) is 15.2 Å². The van der Waals surface area contributed by atoms with Crippen LogP contribution in [0.3, 0.4) is 0 Å². The first-order chi connectivity index (χ1) is 25.4. The molecule has 4 saturated heterocycles. The molecule has 6 N–H and O–H groups in total. The zero-order chi connectivity index (χ0) is 39.3. The van der Waals surface area contributed by atoms with Gasteiger partial charge < -0.3 is 45.6 Å². The molecule has 1 aromatic carbocycles. The summed E-state index contributed by atoms with van der Waals surface area (Å²) in [5, 5.41) is 48.6. The van der Waals surface area contributed by atoms with Crippen LogP contribution in [0.5, 0.6) is 11.5 Å². The van der Waals surface area contributed by atoms with Crippen LogP contribution in [0.25, 0.3) is 0 Å². The summed E-state index contributed by atoms with van der Waals surface area (Å²) in [5.74, 6) is -7.61. The van der Waals surface area contributed by atoms with Gasteiger partial charge in [0, 0.05) is 59.9 Å². The Morgan fingerprint density at radius 2 is 1.85 bits per heavy atom. The van der Waals surface area contributed by atoms with E-state index in [1.54, 1.807) is 0 Å². The lowest BCUT2D eigenvalue weighted by Gasteiger charge is -2.56. The standard InChI is InChI=1S/C34H37ClN6O11S2/c1-33(2,31(50)51)52-39-23(20-14-54-32(36)38-20)21(42)11-18-28(47)40-24(30(48)49)17(13-53-29(18)40)12-41-6-3-34(4-7-41,5-8-41)15-37-27(46)25(44)16-9-19(35)26(45)22(43)10-16/h9-10,14,18,29H,3-8,11-13,15H2,1-2H3,(H6-,36,37,38,39,42,43,44,45,46,48,49,50,51)/t18-,29-,34?,41?/m1/s1. The number of nitrogen functional groups attached to an aromatic ring is 1. The predicted octanol–water partition coefficient (Wildman–Crippen LogP) is 0.868. The van der Waals surface area contributed by atoms with Crippen LogP contribution < -0.4 is 16.2 Å². The minimum Gasteiger partial charge on any atom is -0.543 e. The number of hydrogen-bond acceptors (Lipinski definition) is 15. The number of ketones is 2. The molecule has 0 unspecified atom stereocenters. The molecule has 1 aromatic heterocycles.